The second-order valence-electron chi connectivity index (χ2n) is 6.55. The zero-order valence-corrected chi connectivity index (χ0v) is 14.1. The summed E-state index contributed by atoms with van der Waals surface area (Å²) in [6.45, 7) is 10.1. The van der Waals surface area contributed by atoms with Gasteiger partial charge in [0.25, 0.3) is 0 Å². The van der Waals surface area contributed by atoms with E-state index >= 15 is 0 Å². The van der Waals surface area contributed by atoms with Crippen LogP contribution in [0.2, 0.25) is 0 Å². The SMILES string of the molecule is CC1(C)OCc2cccc(CC=N[S+]([O-])C(C)(C)C)c2O1. The van der Waals surface area contributed by atoms with Crippen molar-refractivity contribution in [2.45, 2.75) is 58.2 Å². The van der Waals surface area contributed by atoms with Crippen LogP contribution >= 0.6 is 0 Å². The van der Waals surface area contributed by atoms with E-state index in [9.17, 15) is 4.55 Å². The quantitative estimate of drug-likeness (QED) is 0.635. The first kappa shape index (κ1) is 16.3. The largest absolute Gasteiger partial charge is 0.591 e. The first-order chi connectivity index (χ1) is 9.69. The van der Waals surface area contributed by atoms with Gasteiger partial charge in [-0.1, -0.05) is 22.6 Å². The molecule has 1 aromatic rings. The smallest absolute Gasteiger partial charge is 0.205 e. The molecule has 0 aromatic heterocycles. The molecule has 1 aliphatic heterocycles. The molecule has 1 heterocycles. The number of hydrogen-bond donors (Lipinski definition) is 0. The van der Waals surface area contributed by atoms with Crippen molar-refractivity contribution in [2.24, 2.45) is 4.40 Å². The first-order valence-corrected chi connectivity index (χ1v) is 8.18. The standard InChI is InChI=1S/C16H23NO3S/c1-15(2,3)21(18)17-10-9-12-7-6-8-13-11-19-16(4,5)20-14(12)13/h6-8,10H,9,11H2,1-5H3. The van der Waals surface area contributed by atoms with Crippen LogP contribution in [0.25, 0.3) is 0 Å². The molecule has 0 saturated heterocycles. The van der Waals surface area contributed by atoms with Gasteiger partial charge < -0.3 is 14.0 Å². The van der Waals surface area contributed by atoms with Crippen molar-refractivity contribution in [2.75, 3.05) is 0 Å². The second kappa shape index (κ2) is 5.99. The fraction of sp³-hybridized carbons (Fsp3) is 0.562. The van der Waals surface area contributed by atoms with E-state index in [0.717, 1.165) is 16.9 Å². The molecule has 0 spiro atoms. The Labute approximate surface area is 129 Å². The van der Waals surface area contributed by atoms with Gasteiger partial charge in [0, 0.05) is 31.4 Å². The normalized spacial score (nSPS) is 19.1. The lowest BCUT2D eigenvalue weighted by Crippen LogP contribution is -2.35. The van der Waals surface area contributed by atoms with E-state index in [1.165, 1.54) is 0 Å². The van der Waals surface area contributed by atoms with Gasteiger partial charge in [-0.15, -0.1) is 0 Å². The van der Waals surface area contributed by atoms with Gasteiger partial charge in [-0.2, -0.15) is 0 Å². The molecular weight excluding hydrogens is 286 g/mol. The summed E-state index contributed by atoms with van der Waals surface area (Å²) in [7, 11) is 0. The molecule has 0 radical (unpaired) electrons. The fourth-order valence-corrected chi connectivity index (χ4v) is 2.46. The van der Waals surface area contributed by atoms with Crippen molar-refractivity contribution in [1.82, 2.24) is 0 Å². The highest BCUT2D eigenvalue weighted by molar-refractivity contribution is 7.91. The Morgan fingerprint density at radius 1 is 1.38 bits per heavy atom. The van der Waals surface area contributed by atoms with Crippen LogP contribution in [0.4, 0.5) is 0 Å². The maximum absolute atomic E-state index is 11.9. The first-order valence-electron chi connectivity index (χ1n) is 7.07. The highest BCUT2D eigenvalue weighted by Crippen LogP contribution is 2.34. The molecule has 1 unspecified atom stereocenters. The van der Waals surface area contributed by atoms with E-state index in [1.54, 1.807) is 6.21 Å². The lowest BCUT2D eigenvalue weighted by Gasteiger charge is -2.33. The van der Waals surface area contributed by atoms with Crippen molar-refractivity contribution in [3.63, 3.8) is 0 Å². The van der Waals surface area contributed by atoms with Crippen LogP contribution in [0.1, 0.15) is 45.7 Å². The molecule has 0 saturated carbocycles. The molecule has 116 valence electrons. The molecular formula is C16H23NO3S. The monoisotopic (exact) mass is 309 g/mol. The van der Waals surface area contributed by atoms with E-state index in [-0.39, 0.29) is 4.75 Å². The van der Waals surface area contributed by atoms with Gasteiger partial charge in [0.1, 0.15) is 21.9 Å². The Kier molecular flexibility index (Phi) is 4.66. The van der Waals surface area contributed by atoms with Crippen LogP contribution in [0.15, 0.2) is 22.6 Å². The molecule has 0 amide bonds. The predicted molar refractivity (Wildman–Crippen MR) is 86.0 cm³/mol. The van der Waals surface area contributed by atoms with Crippen LogP contribution in [-0.2, 0) is 29.1 Å². The third kappa shape index (κ3) is 4.22. The average Bonchev–Trinajstić information content (AvgIpc) is 2.37. The van der Waals surface area contributed by atoms with Crippen LogP contribution in [-0.4, -0.2) is 21.3 Å². The van der Waals surface area contributed by atoms with Crippen LogP contribution in [0, 0.1) is 0 Å². The number of benzene rings is 1. The maximum atomic E-state index is 11.9. The summed E-state index contributed by atoms with van der Waals surface area (Å²) in [5.41, 5.74) is 2.08. The van der Waals surface area contributed by atoms with Crippen LogP contribution in [0.3, 0.4) is 0 Å². The zero-order chi connectivity index (χ0) is 15.7. The molecule has 0 fully saturated rings. The van der Waals surface area contributed by atoms with Crippen molar-refractivity contribution in [3.8, 4) is 5.75 Å². The molecule has 1 aliphatic rings. The summed E-state index contributed by atoms with van der Waals surface area (Å²) in [6, 6.07) is 5.98. The van der Waals surface area contributed by atoms with Crippen LogP contribution < -0.4 is 4.74 Å². The maximum Gasteiger partial charge on any atom is 0.205 e. The summed E-state index contributed by atoms with van der Waals surface area (Å²) in [6.07, 6.45) is 2.31. The Balaban J connectivity index is 2.14. The predicted octanol–water partition coefficient (Wildman–Crippen LogP) is 3.41. The van der Waals surface area contributed by atoms with Gasteiger partial charge in [0.2, 0.25) is 5.79 Å². The van der Waals surface area contributed by atoms with Gasteiger partial charge in [-0.3, -0.25) is 0 Å². The molecule has 2 rings (SSSR count). The van der Waals surface area contributed by atoms with Crippen LogP contribution in [0.5, 0.6) is 5.75 Å². The Morgan fingerprint density at radius 2 is 2.10 bits per heavy atom. The average molecular weight is 309 g/mol. The number of ether oxygens (including phenoxy) is 2. The summed E-state index contributed by atoms with van der Waals surface area (Å²) in [4.78, 5) is 0. The Bertz CT molecular complexity index is 535. The lowest BCUT2D eigenvalue weighted by molar-refractivity contribution is -0.180. The third-order valence-corrected chi connectivity index (χ3v) is 4.49. The molecule has 21 heavy (non-hydrogen) atoms. The van der Waals surface area contributed by atoms with Crippen molar-refractivity contribution < 1.29 is 14.0 Å². The minimum absolute atomic E-state index is 0.334. The van der Waals surface area contributed by atoms with Crippen molar-refractivity contribution in [3.05, 3.63) is 29.3 Å². The van der Waals surface area contributed by atoms with E-state index in [0.29, 0.717) is 13.0 Å². The van der Waals surface area contributed by atoms with Gasteiger partial charge in [0.05, 0.1) is 12.8 Å². The number of hydrogen-bond acceptors (Lipinski definition) is 4. The third-order valence-electron chi connectivity index (χ3n) is 3.11. The topological polar surface area (TPSA) is 53.9 Å². The molecule has 0 bridgehead atoms. The number of rotatable bonds is 3. The van der Waals surface area contributed by atoms with E-state index < -0.39 is 17.1 Å². The summed E-state index contributed by atoms with van der Waals surface area (Å²) < 4.78 is 27.3. The molecule has 0 aliphatic carbocycles. The summed E-state index contributed by atoms with van der Waals surface area (Å²) in [5.74, 6) is 0.246. The van der Waals surface area contributed by atoms with E-state index in [1.807, 2.05) is 52.8 Å². The highest BCUT2D eigenvalue weighted by Gasteiger charge is 2.29. The molecule has 0 N–H and O–H groups in total. The second-order valence-corrected chi connectivity index (χ2v) is 8.48. The molecule has 5 heteroatoms. The Hall–Kier alpha value is -1.04. The van der Waals surface area contributed by atoms with Gasteiger partial charge in [-0.05, 0) is 20.8 Å². The minimum Gasteiger partial charge on any atom is -0.591 e. The molecule has 4 nitrogen and oxygen atoms in total. The number of fused-ring (bicyclic) bond motifs is 1. The number of para-hydroxylation sites is 1. The minimum atomic E-state index is -1.22. The van der Waals surface area contributed by atoms with E-state index in [4.69, 9.17) is 9.47 Å². The van der Waals surface area contributed by atoms with E-state index in [2.05, 4.69) is 4.40 Å². The lowest BCUT2D eigenvalue weighted by atomic mass is 10.1. The fourth-order valence-electron chi connectivity index (χ4n) is 1.93. The summed E-state index contributed by atoms with van der Waals surface area (Å²) in [5, 5.41) is 0. The van der Waals surface area contributed by atoms with Crippen molar-refractivity contribution >= 4 is 17.6 Å². The van der Waals surface area contributed by atoms with Gasteiger partial charge in [0.15, 0.2) is 0 Å². The van der Waals surface area contributed by atoms with Crippen molar-refractivity contribution in [1.29, 1.82) is 0 Å². The van der Waals surface area contributed by atoms with Gasteiger partial charge in [-0.25, -0.2) is 0 Å². The molecule has 1 atom stereocenters. The summed E-state index contributed by atoms with van der Waals surface area (Å²) >= 11 is -1.22. The van der Waals surface area contributed by atoms with Gasteiger partial charge >= 0.3 is 0 Å². The zero-order valence-electron chi connectivity index (χ0n) is 13.3. The molecule has 1 aromatic carbocycles. The number of nitrogens with zero attached hydrogens (tertiary/aromatic N) is 1. The Morgan fingerprint density at radius 3 is 2.76 bits per heavy atom. The highest BCUT2D eigenvalue weighted by atomic mass is 32.2.